The number of benzene rings is 4. The molecule has 0 radical (unpaired) electrons. The molecule has 242 valence electrons. The smallest absolute Gasteiger partial charge is 0.264 e. The number of carbonyl (C=O) groups is 2. The summed E-state index contributed by atoms with van der Waals surface area (Å²) in [5.41, 5.74) is 2.97. The van der Waals surface area contributed by atoms with E-state index in [0.717, 1.165) is 27.4 Å². The number of anilines is 1. The number of sulfonamides is 1. The van der Waals surface area contributed by atoms with Gasteiger partial charge >= 0.3 is 0 Å². The first-order chi connectivity index (χ1) is 22.1. The number of hydrogen-bond donors (Lipinski definition) is 1. The summed E-state index contributed by atoms with van der Waals surface area (Å²) in [7, 11) is -4.24. The van der Waals surface area contributed by atoms with Crippen LogP contribution in [0.15, 0.2) is 108 Å². The molecular weight excluding hydrogens is 622 g/mol. The highest BCUT2D eigenvalue weighted by atomic mass is 35.5. The monoisotopic (exact) mass is 661 g/mol. The maximum Gasteiger partial charge on any atom is 0.264 e. The standard InChI is InChI=1S/C36H40ClN3O5S/c1-4-22-38-36(42)34(24-28-11-7-6-8-12-28)39(25-29-13-9-10-27(3)23-29)35(41)26-40(31-16-18-32(19-17-31)45-5-2)46(43,44)33-20-14-30(37)15-21-33/h6-21,23,34H,4-5,22,24-26H2,1-3H3,(H,38,42)/t34-/m0/s1. The van der Waals surface area contributed by atoms with E-state index in [1.165, 1.54) is 29.2 Å². The number of ether oxygens (including phenoxy) is 1. The number of carbonyl (C=O) groups excluding carboxylic acids is 2. The van der Waals surface area contributed by atoms with Gasteiger partial charge < -0.3 is 15.0 Å². The lowest BCUT2D eigenvalue weighted by Crippen LogP contribution is -2.53. The van der Waals surface area contributed by atoms with Crippen LogP contribution < -0.4 is 14.4 Å². The van der Waals surface area contributed by atoms with E-state index in [2.05, 4.69) is 5.32 Å². The summed E-state index contributed by atoms with van der Waals surface area (Å²) in [4.78, 5) is 29.7. The average Bonchev–Trinajstić information content (AvgIpc) is 3.05. The van der Waals surface area contributed by atoms with Crippen LogP contribution in [0.25, 0.3) is 0 Å². The third kappa shape index (κ3) is 9.11. The maximum absolute atomic E-state index is 14.5. The molecule has 1 atom stereocenters. The van der Waals surface area contributed by atoms with Gasteiger partial charge in [0.25, 0.3) is 10.0 Å². The van der Waals surface area contributed by atoms with Gasteiger partial charge in [-0.15, -0.1) is 0 Å². The van der Waals surface area contributed by atoms with Gasteiger partial charge in [0.2, 0.25) is 11.8 Å². The highest BCUT2D eigenvalue weighted by Crippen LogP contribution is 2.28. The van der Waals surface area contributed by atoms with Crippen LogP contribution in [-0.4, -0.2) is 50.9 Å². The third-order valence-electron chi connectivity index (χ3n) is 7.37. The second-order valence-corrected chi connectivity index (χ2v) is 13.2. The molecule has 1 N–H and O–H groups in total. The molecule has 46 heavy (non-hydrogen) atoms. The molecule has 0 aliphatic rings. The van der Waals surface area contributed by atoms with Crippen LogP contribution in [0.2, 0.25) is 5.02 Å². The summed E-state index contributed by atoms with van der Waals surface area (Å²) in [5, 5.41) is 3.34. The van der Waals surface area contributed by atoms with Gasteiger partial charge in [-0.05, 0) is 79.9 Å². The molecule has 4 rings (SSSR count). The van der Waals surface area contributed by atoms with Gasteiger partial charge in [-0.3, -0.25) is 13.9 Å². The fraction of sp³-hybridized carbons (Fsp3) is 0.278. The lowest BCUT2D eigenvalue weighted by atomic mass is 10.0. The summed E-state index contributed by atoms with van der Waals surface area (Å²) >= 11 is 6.07. The van der Waals surface area contributed by atoms with Crippen molar-refractivity contribution >= 4 is 39.1 Å². The first-order valence-electron chi connectivity index (χ1n) is 15.3. The SMILES string of the molecule is CCCNC(=O)[C@H](Cc1ccccc1)N(Cc1cccc(C)c1)C(=O)CN(c1ccc(OCC)cc1)S(=O)(=O)c1ccc(Cl)cc1. The van der Waals surface area contributed by atoms with E-state index in [4.69, 9.17) is 16.3 Å². The van der Waals surface area contributed by atoms with E-state index in [0.29, 0.717) is 23.9 Å². The number of nitrogens with zero attached hydrogens (tertiary/aromatic N) is 2. The second-order valence-electron chi connectivity index (χ2n) is 10.9. The molecule has 0 unspecified atom stereocenters. The molecule has 10 heteroatoms. The summed E-state index contributed by atoms with van der Waals surface area (Å²) in [6.07, 6.45) is 0.974. The van der Waals surface area contributed by atoms with Crippen molar-refractivity contribution < 1.29 is 22.7 Å². The van der Waals surface area contributed by atoms with E-state index in [1.807, 2.05) is 75.4 Å². The van der Waals surface area contributed by atoms with Gasteiger partial charge in [0.1, 0.15) is 18.3 Å². The predicted molar refractivity (Wildman–Crippen MR) is 183 cm³/mol. The Morgan fingerprint density at radius 2 is 1.54 bits per heavy atom. The highest BCUT2D eigenvalue weighted by Gasteiger charge is 2.34. The maximum atomic E-state index is 14.5. The summed E-state index contributed by atoms with van der Waals surface area (Å²) in [6.45, 7) is 6.22. The Morgan fingerprint density at radius 1 is 0.870 bits per heavy atom. The molecule has 0 bridgehead atoms. The second kappa shape index (κ2) is 16.3. The van der Waals surface area contributed by atoms with E-state index in [-0.39, 0.29) is 29.5 Å². The lowest BCUT2D eigenvalue weighted by molar-refractivity contribution is -0.140. The van der Waals surface area contributed by atoms with Crippen molar-refractivity contribution in [1.29, 1.82) is 0 Å². The number of amides is 2. The number of nitrogens with one attached hydrogen (secondary N) is 1. The van der Waals surface area contributed by atoms with Crippen LogP contribution in [0.3, 0.4) is 0 Å². The van der Waals surface area contributed by atoms with Crippen molar-refractivity contribution in [2.75, 3.05) is 24.0 Å². The van der Waals surface area contributed by atoms with E-state index in [1.54, 1.807) is 24.3 Å². The molecule has 4 aromatic rings. The van der Waals surface area contributed by atoms with E-state index < -0.39 is 28.5 Å². The molecule has 0 heterocycles. The first-order valence-corrected chi connectivity index (χ1v) is 17.1. The Kier molecular flexibility index (Phi) is 12.2. The molecule has 0 saturated heterocycles. The van der Waals surface area contributed by atoms with Crippen LogP contribution in [-0.2, 0) is 32.6 Å². The molecule has 2 amide bonds. The lowest BCUT2D eigenvalue weighted by Gasteiger charge is -2.34. The molecule has 8 nitrogen and oxygen atoms in total. The fourth-order valence-electron chi connectivity index (χ4n) is 5.06. The molecule has 0 spiro atoms. The number of aryl methyl sites for hydroxylation is 1. The topological polar surface area (TPSA) is 96.0 Å². The summed E-state index contributed by atoms with van der Waals surface area (Å²) < 4.78 is 34.9. The first kappa shape index (κ1) is 34.5. The zero-order chi connectivity index (χ0) is 33.1. The van der Waals surface area contributed by atoms with Crippen LogP contribution in [0.1, 0.15) is 37.0 Å². The van der Waals surface area contributed by atoms with Gasteiger partial charge in [0, 0.05) is 24.5 Å². The Bertz CT molecular complexity index is 1700. The van der Waals surface area contributed by atoms with E-state index >= 15 is 0 Å². The zero-order valence-corrected chi connectivity index (χ0v) is 27.9. The van der Waals surface area contributed by atoms with Crippen LogP contribution in [0, 0.1) is 6.92 Å². The average molecular weight is 662 g/mol. The Balaban J connectivity index is 1.79. The van der Waals surface area contributed by atoms with Gasteiger partial charge in [0.05, 0.1) is 17.2 Å². The van der Waals surface area contributed by atoms with E-state index in [9.17, 15) is 18.0 Å². The normalized spacial score (nSPS) is 11.8. The molecule has 0 saturated carbocycles. The fourth-order valence-corrected chi connectivity index (χ4v) is 6.61. The van der Waals surface area contributed by atoms with Crippen molar-refractivity contribution in [3.8, 4) is 5.75 Å². The van der Waals surface area contributed by atoms with Crippen molar-refractivity contribution in [2.24, 2.45) is 0 Å². The Hall–Kier alpha value is -4.34. The quantitative estimate of drug-likeness (QED) is 0.159. The molecule has 0 fully saturated rings. The Morgan fingerprint density at radius 3 is 2.17 bits per heavy atom. The minimum absolute atomic E-state index is 0.0228. The van der Waals surface area contributed by atoms with Crippen molar-refractivity contribution in [3.63, 3.8) is 0 Å². The molecule has 0 aromatic heterocycles. The molecular formula is C36H40ClN3O5S. The zero-order valence-electron chi connectivity index (χ0n) is 26.4. The van der Waals surface area contributed by atoms with Crippen LogP contribution >= 0.6 is 11.6 Å². The van der Waals surface area contributed by atoms with Crippen molar-refractivity contribution in [1.82, 2.24) is 10.2 Å². The number of hydrogen-bond acceptors (Lipinski definition) is 5. The van der Waals surface area contributed by atoms with Crippen molar-refractivity contribution in [2.45, 2.75) is 51.1 Å². The largest absolute Gasteiger partial charge is 0.494 e. The Labute approximate surface area is 277 Å². The molecule has 0 aliphatic carbocycles. The number of rotatable bonds is 15. The third-order valence-corrected chi connectivity index (χ3v) is 9.41. The highest BCUT2D eigenvalue weighted by molar-refractivity contribution is 7.92. The molecule has 0 aliphatic heterocycles. The predicted octanol–water partition coefficient (Wildman–Crippen LogP) is 6.41. The summed E-state index contributed by atoms with van der Waals surface area (Å²) in [5.74, 6) is -0.265. The van der Waals surface area contributed by atoms with Crippen LogP contribution in [0.5, 0.6) is 5.75 Å². The number of halogens is 1. The molecule has 4 aromatic carbocycles. The minimum Gasteiger partial charge on any atom is -0.494 e. The van der Waals surface area contributed by atoms with Crippen LogP contribution in [0.4, 0.5) is 5.69 Å². The minimum atomic E-state index is -4.24. The van der Waals surface area contributed by atoms with Gasteiger partial charge in [0.15, 0.2) is 0 Å². The van der Waals surface area contributed by atoms with Crippen molar-refractivity contribution in [3.05, 3.63) is 125 Å². The van der Waals surface area contributed by atoms with Gasteiger partial charge in [-0.25, -0.2) is 8.42 Å². The van der Waals surface area contributed by atoms with Gasteiger partial charge in [-0.1, -0.05) is 78.7 Å². The van der Waals surface area contributed by atoms with Gasteiger partial charge in [-0.2, -0.15) is 0 Å². The summed E-state index contributed by atoms with van der Waals surface area (Å²) in [6, 6.07) is 28.6.